The number of rotatable bonds is 10. The summed E-state index contributed by atoms with van der Waals surface area (Å²) >= 11 is 7.08. The molecule has 0 spiro atoms. The van der Waals surface area contributed by atoms with Gasteiger partial charge < -0.3 is 19.9 Å². The lowest BCUT2D eigenvalue weighted by Crippen LogP contribution is -2.19. The van der Waals surface area contributed by atoms with Gasteiger partial charge in [-0.1, -0.05) is 13.8 Å². The standard InChI is InChI=1S/C15H23Br2NO3/c1-11(2)9-18-10-12-7-13(16)15(14(17)8-12)21-6-5-20-4-3-19/h7-8,11,18-19H,3-6,9-10H2,1-2H3. The largest absolute Gasteiger partial charge is 0.489 e. The fourth-order valence-corrected chi connectivity index (χ4v) is 3.24. The molecule has 4 nitrogen and oxygen atoms in total. The van der Waals surface area contributed by atoms with Gasteiger partial charge in [0.1, 0.15) is 12.4 Å². The van der Waals surface area contributed by atoms with Crippen molar-refractivity contribution < 1.29 is 14.6 Å². The van der Waals surface area contributed by atoms with Gasteiger partial charge in [0.15, 0.2) is 0 Å². The lowest BCUT2D eigenvalue weighted by atomic mass is 10.2. The van der Waals surface area contributed by atoms with E-state index in [0.717, 1.165) is 27.8 Å². The predicted molar refractivity (Wildman–Crippen MR) is 91.8 cm³/mol. The molecule has 1 aromatic carbocycles. The van der Waals surface area contributed by atoms with Crippen molar-refractivity contribution in [3.05, 3.63) is 26.6 Å². The Labute approximate surface area is 143 Å². The Balaban J connectivity index is 2.50. The Morgan fingerprint density at radius 2 is 1.81 bits per heavy atom. The van der Waals surface area contributed by atoms with Gasteiger partial charge in [-0.2, -0.15) is 0 Å². The molecule has 0 heterocycles. The van der Waals surface area contributed by atoms with E-state index in [0.29, 0.717) is 25.7 Å². The van der Waals surface area contributed by atoms with Crippen molar-refractivity contribution in [1.29, 1.82) is 0 Å². The molecule has 0 bridgehead atoms. The molecule has 0 radical (unpaired) electrons. The number of aliphatic hydroxyl groups is 1. The van der Waals surface area contributed by atoms with Crippen LogP contribution in [0, 0.1) is 5.92 Å². The van der Waals surface area contributed by atoms with Gasteiger partial charge >= 0.3 is 0 Å². The van der Waals surface area contributed by atoms with Crippen LogP contribution in [0.3, 0.4) is 0 Å². The molecule has 0 atom stereocenters. The Morgan fingerprint density at radius 3 is 2.38 bits per heavy atom. The molecule has 0 saturated carbocycles. The highest BCUT2D eigenvalue weighted by Gasteiger charge is 2.09. The second-order valence-electron chi connectivity index (χ2n) is 5.10. The van der Waals surface area contributed by atoms with Crippen LogP contribution in [0.25, 0.3) is 0 Å². The summed E-state index contributed by atoms with van der Waals surface area (Å²) in [6.07, 6.45) is 0. The van der Waals surface area contributed by atoms with E-state index in [4.69, 9.17) is 14.6 Å². The van der Waals surface area contributed by atoms with Crippen LogP contribution in [-0.2, 0) is 11.3 Å². The van der Waals surface area contributed by atoms with Crippen molar-refractivity contribution in [3.63, 3.8) is 0 Å². The fraction of sp³-hybridized carbons (Fsp3) is 0.600. The van der Waals surface area contributed by atoms with Gasteiger partial charge in [-0.3, -0.25) is 0 Å². The smallest absolute Gasteiger partial charge is 0.147 e. The molecule has 0 aromatic heterocycles. The minimum atomic E-state index is 0.0332. The van der Waals surface area contributed by atoms with Gasteiger partial charge in [-0.05, 0) is 62.0 Å². The molecule has 6 heteroatoms. The summed E-state index contributed by atoms with van der Waals surface area (Å²) in [6, 6.07) is 4.12. The number of halogens is 2. The number of benzene rings is 1. The molecule has 21 heavy (non-hydrogen) atoms. The van der Waals surface area contributed by atoms with Gasteiger partial charge in [0.05, 0.1) is 28.8 Å². The van der Waals surface area contributed by atoms with Crippen LogP contribution < -0.4 is 10.1 Å². The number of ether oxygens (including phenoxy) is 2. The molecule has 1 rings (SSSR count). The van der Waals surface area contributed by atoms with Crippen molar-refractivity contribution in [2.75, 3.05) is 33.0 Å². The maximum absolute atomic E-state index is 8.62. The first-order valence-electron chi connectivity index (χ1n) is 7.04. The van der Waals surface area contributed by atoms with Crippen molar-refractivity contribution in [1.82, 2.24) is 5.32 Å². The summed E-state index contributed by atoms with van der Waals surface area (Å²) in [4.78, 5) is 0. The lowest BCUT2D eigenvalue weighted by Gasteiger charge is -2.13. The zero-order chi connectivity index (χ0) is 15.7. The second kappa shape index (κ2) is 10.6. The molecule has 120 valence electrons. The zero-order valence-electron chi connectivity index (χ0n) is 12.5. The van der Waals surface area contributed by atoms with Gasteiger partial charge in [0.2, 0.25) is 0 Å². The minimum absolute atomic E-state index is 0.0332. The highest BCUT2D eigenvalue weighted by molar-refractivity contribution is 9.11. The molecule has 0 amide bonds. The van der Waals surface area contributed by atoms with Crippen LogP contribution >= 0.6 is 31.9 Å². The highest BCUT2D eigenvalue weighted by atomic mass is 79.9. The van der Waals surface area contributed by atoms with Gasteiger partial charge in [-0.15, -0.1) is 0 Å². The monoisotopic (exact) mass is 423 g/mol. The van der Waals surface area contributed by atoms with E-state index in [1.165, 1.54) is 5.56 Å². The van der Waals surface area contributed by atoms with Crippen LogP contribution in [-0.4, -0.2) is 38.1 Å². The zero-order valence-corrected chi connectivity index (χ0v) is 15.7. The number of hydrogen-bond acceptors (Lipinski definition) is 4. The summed E-state index contributed by atoms with van der Waals surface area (Å²) in [6.45, 7) is 7.48. The van der Waals surface area contributed by atoms with Crippen LogP contribution in [0.4, 0.5) is 0 Å². The maximum Gasteiger partial charge on any atom is 0.147 e. The summed E-state index contributed by atoms with van der Waals surface area (Å²) in [5.74, 6) is 1.41. The van der Waals surface area contributed by atoms with Crippen LogP contribution in [0.1, 0.15) is 19.4 Å². The Bertz CT molecular complexity index is 404. The molecule has 0 fully saturated rings. The maximum atomic E-state index is 8.62. The summed E-state index contributed by atoms with van der Waals surface area (Å²) in [5, 5.41) is 12.0. The third-order valence-corrected chi connectivity index (χ3v) is 3.83. The van der Waals surface area contributed by atoms with Crippen LogP contribution in [0.2, 0.25) is 0 Å². The molecule has 0 saturated heterocycles. The first kappa shape index (κ1) is 18.9. The number of nitrogens with one attached hydrogen (secondary N) is 1. The van der Waals surface area contributed by atoms with E-state index < -0.39 is 0 Å². The third kappa shape index (κ3) is 7.61. The first-order chi connectivity index (χ1) is 10.0. The van der Waals surface area contributed by atoms with E-state index in [2.05, 4.69) is 63.2 Å². The minimum Gasteiger partial charge on any atom is -0.489 e. The number of aliphatic hydroxyl groups excluding tert-OH is 1. The van der Waals surface area contributed by atoms with Crippen molar-refractivity contribution in [3.8, 4) is 5.75 Å². The average Bonchev–Trinajstić information content (AvgIpc) is 2.40. The van der Waals surface area contributed by atoms with E-state index in [1.54, 1.807) is 0 Å². The molecule has 2 N–H and O–H groups in total. The van der Waals surface area contributed by atoms with Crippen LogP contribution in [0.15, 0.2) is 21.1 Å². The Kier molecular flexibility index (Phi) is 9.51. The summed E-state index contributed by atoms with van der Waals surface area (Å²) in [7, 11) is 0. The summed E-state index contributed by atoms with van der Waals surface area (Å²) in [5.41, 5.74) is 1.19. The van der Waals surface area contributed by atoms with Gasteiger partial charge in [0, 0.05) is 6.54 Å². The SMILES string of the molecule is CC(C)CNCc1cc(Br)c(OCCOCCO)c(Br)c1. The molecular formula is C15H23Br2NO3. The Hall–Kier alpha value is -0.140. The third-order valence-electron chi connectivity index (χ3n) is 2.65. The van der Waals surface area contributed by atoms with Crippen molar-refractivity contribution >= 4 is 31.9 Å². The molecule has 0 aliphatic heterocycles. The molecule has 1 aromatic rings. The van der Waals surface area contributed by atoms with E-state index in [-0.39, 0.29) is 6.61 Å². The lowest BCUT2D eigenvalue weighted by molar-refractivity contribution is 0.0702. The van der Waals surface area contributed by atoms with Crippen LogP contribution in [0.5, 0.6) is 5.75 Å². The number of hydrogen-bond donors (Lipinski definition) is 2. The van der Waals surface area contributed by atoms with E-state index >= 15 is 0 Å². The van der Waals surface area contributed by atoms with E-state index in [9.17, 15) is 0 Å². The molecular weight excluding hydrogens is 402 g/mol. The normalized spacial score (nSPS) is 11.1. The Morgan fingerprint density at radius 1 is 1.14 bits per heavy atom. The van der Waals surface area contributed by atoms with Gasteiger partial charge in [0.25, 0.3) is 0 Å². The average molecular weight is 425 g/mol. The molecule has 0 unspecified atom stereocenters. The molecule has 0 aliphatic rings. The topological polar surface area (TPSA) is 50.7 Å². The quantitative estimate of drug-likeness (QED) is 0.565. The fourth-order valence-electron chi connectivity index (χ4n) is 1.73. The summed E-state index contributed by atoms with van der Waals surface area (Å²) < 4.78 is 12.7. The molecule has 0 aliphatic carbocycles. The predicted octanol–water partition coefficient (Wildman–Crippen LogP) is 3.34. The first-order valence-corrected chi connectivity index (χ1v) is 8.63. The van der Waals surface area contributed by atoms with Crippen molar-refractivity contribution in [2.24, 2.45) is 5.92 Å². The second-order valence-corrected chi connectivity index (χ2v) is 6.81. The van der Waals surface area contributed by atoms with Gasteiger partial charge in [-0.25, -0.2) is 0 Å². The van der Waals surface area contributed by atoms with Crippen molar-refractivity contribution in [2.45, 2.75) is 20.4 Å². The highest BCUT2D eigenvalue weighted by Crippen LogP contribution is 2.34. The van der Waals surface area contributed by atoms with E-state index in [1.807, 2.05) is 0 Å².